The van der Waals surface area contributed by atoms with Crippen molar-refractivity contribution in [1.29, 1.82) is 0 Å². The maximum absolute atomic E-state index is 9.91. The fraction of sp³-hybridized carbons (Fsp3) is 0.750. The molecule has 0 heterocycles. The molecule has 0 rings (SSSR count). The molecule has 2 atom stereocenters. The van der Waals surface area contributed by atoms with E-state index in [2.05, 4.69) is 0 Å². The van der Waals surface area contributed by atoms with Crippen molar-refractivity contribution in [3.63, 3.8) is 0 Å². The summed E-state index contributed by atoms with van der Waals surface area (Å²) in [7, 11) is 0. The molecule has 0 aromatic heterocycles. The zero-order valence-corrected chi connectivity index (χ0v) is 5.93. The van der Waals surface area contributed by atoms with Crippen molar-refractivity contribution >= 4 is 29.2 Å². The second kappa shape index (κ2) is 3.93. The highest BCUT2D eigenvalue weighted by Crippen LogP contribution is 2.04. The number of aliphatic hydroxyl groups excluding tert-OH is 1. The standard InChI is InChI=1S/C4H6Cl2O3/c5-1-2(6)3(7)4(8)9/h2-3,7H,1H2,(H,8,9)/t2-,3+/m1/s1. The largest absolute Gasteiger partial charge is 0.479 e. The average Bonchev–Trinajstić information content (AvgIpc) is 1.84. The third-order valence-corrected chi connectivity index (χ3v) is 1.63. The van der Waals surface area contributed by atoms with Gasteiger partial charge in [-0.05, 0) is 0 Å². The van der Waals surface area contributed by atoms with E-state index in [-0.39, 0.29) is 5.88 Å². The Morgan fingerprint density at radius 1 is 1.67 bits per heavy atom. The first-order valence-electron chi connectivity index (χ1n) is 2.20. The molecule has 0 aliphatic heterocycles. The minimum absolute atomic E-state index is 0.0744. The molecular formula is C4H6Cl2O3. The molecule has 0 amide bonds. The van der Waals surface area contributed by atoms with E-state index in [9.17, 15) is 4.79 Å². The second-order valence-corrected chi connectivity index (χ2v) is 2.32. The second-order valence-electron chi connectivity index (χ2n) is 1.45. The van der Waals surface area contributed by atoms with Gasteiger partial charge in [-0.3, -0.25) is 0 Å². The molecule has 0 spiro atoms. The molecule has 54 valence electrons. The summed E-state index contributed by atoms with van der Waals surface area (Å²) in [5.41, 5.74) is 0. The van der Waals surface area contributed by atoms with Crippen LogP contribution in [0.3, 0.4) is 0 Å². The van der Waals surface area contributed by atoms with Gasteiger partial charge in [-0.15, -0.1) is 23.2 Å². The van der Waals surface area contributed by atoms with Crippen LogP contribution in [0.5, 0.6) is 0 Å². The maximum atomic E-state index is 9.91. The Kier molecular flexibility index (Phi) is 3.93. The normalized spacial score (nSPS) is 16.8. The van der Waals surface area contributed by atoms with E-state index in [1.807, 2.05) is 0 Å². The first-order valence-corrected chi connectivity index (χ1v) is 3.17. The highest BCUT2D eigenvalue weighted by Gasteiger charge is 2.22. The molecule has 9 heavy (non-hydrogen) atoms. The Bertz CT molecular complexity index is 106. The van der Waals surface area contributed by atoms with Gasteiger partial charge in [0.25, 0.3) is 0 Å². The minimum Gasteiger partial charge on any atom is -0.479 e. The molecule has 0 aliphatic carbocycles. The zero-order chi connectivity index (χ0) is 7.44. The van der Waals surface area contributed by atoms with Gasteiger partial charge in [-0.25, -0.2) is 4.79 Å². The Morgan fingerprint density at radius 3 is 2.22 bits per heavy atom. The third kappa shape index (κ3) is 2.89. The van der Waals surface area contributed by atoms with Gasteiger partial charge in [0.1, 0.15) is 0 Å². The lowest BCUT2D eigenvalue weighted by Gasteiger charge is -2.07. The van der Waals surface area contributed by atoms with E-state index in [0.717, 1.165) is 0 Å². The van der Waals surface area contributed by atoms with Crippen molar-refractivity contribution in [3.8, 4) is 0 Å². The summed E-state index contributed by atoms with van der Waals surface area (Å²) in [6.07, 6.45) is -1.57. The molecule has 0 unspecified atom stereocenters. The molecule has 0 bridgehead atoms. The van der Waals surface area contributed by atoms with Crippen LogP contribution in [-0.4, -0.2) is 33.5 Å². The Hall–Kier alpha value is 0.01000. The Labute approximate surface area is 62.2 Å². The van der Waals surface area contributed by atoms with E-state index >= 15 is 0 Å². The van der Waals surface area contributed by atoms with E-state index in [4.69, 9.17) is 33.4 Å². The number of hydrogen-bond acceptors (Lipinski definition) is 2. The SMILES string of the molecule is O=C(O)[C@@H](O)[C@H](Cl)CCl. The van der Waals surface area contributed by atoms with Crippen molar-refractivity contribution in [2.75, 3.05) is 5.88 Å². The monoisotopic (exact) mass is 172 g/mol. The summed E-state index contributed by atoms with van der Waals surface area (Å²) in [6, 6.07) is 0. The number of hydrogen-bond donors (Lipinski definition) is 2. The number of aliphatic carboxylic acids is 1. The van der Waals surface area contributed by atoms with Crippen LogP contribution in [0.25, 0.3) is 0 Å². The molecule has 0 fully saturated rings. The van der Waals surface area contributed by atoms with Crippen molar-refractivity contribution in [2.45, 2.75) is 11.5 Å². The van der Waals surface area contributed by atoms with Crippen LogP contribution >= 0.6 is 23.2 Å². The van der Waals surface area contributed by atoms with Crippen molar-refractivity contribution in [1.82, 2.24) is 0 Å². The first-order chi connectivity index (χ1) is 4.09. The van der Waals surface area contributed by atoms with Crippen LogP contribution in [0.2, 0.25) is 0 Å². The van der Waals surface area contributed by atoms with Crippen molar-refractivity contribution < 1.29 is 15.0 Å². The lowest BCUT2D eigenvalue weighted by Crippen LogP contribution is -2.30. The topological polar surface area (TPSA) is 57.5 Å². The van der Waals surface area contributed by atoms with Gasteiger partial charge < -0.3 is 10.2 Å². The molecule has 0 saturated carbocycles. The number of rotatable bonds is 3. The lowest BCUT2D eigenvalue weighted by atomic mass is 10.3. The third-order valence-electron chi connectivity index (χ3n) is 0.743. The summed E-state index contributed by atoms with van der Waals surface area (Å²) in [5.74, 6) is -1.43. The smallest absolute Gasteiger partial charge is 0.334 e. The van der Waals surface area contributed by atoms with Gasteiger partial charge in [0.05, 0.1) is 5.38 Å². The van der Waals surface area contributed by atoms with Gasteiger partial charge in [0, 0.05) is 5.88 Å². The summed E-state index contributed by atoms with van der Waals surface area (Å²) in [5, 5.41) is 15.8. The van der Waals surface area contributed by atoms with Crippen LogP contribution in [0, 0.1) is 0 Å². The molecule has 0 aromatic carbocycles. The molecule has 5 heteroatoms. The Morgan fingerprint density at radius 2 is 2.11 bits per heavy atom. The van der Waals surface area contributed by atoms with E-state index in [1.165, 1.54) is 0 Å². The maximum Gasteiger partial charge on any atom is 0.334 e. The van der Waals surface area contributed by atoms with Gasteiger partial charge in [-0.1, -0.05) is 0 Å². The molecule has 0 saturated heterocycles. The van der Waals surface area contributed by atoms with Crippen LogP contribution in [0.1, 0.15) is 0 Å². The van der Waals surface area contributed by atoms with Gasteiger partial charge in [-0.2, -0.15) is 0 Å². The summed E-state index contributed by atoms with van der Waals surface area (Å²) < 4.78 is 0. The van der Waals surface area contributed by atoms with Crippen molar-refractivity contribution in [2.24, 2.45) is 0 Å². The molecule has 0 aliphatic rings. The number of carboxylic acid groups (broad SMARTS) is 1. The fourth-order valence-electron chi connectivity index (χ4n) is 0.239. The van der Waals surface area contributed by atoms with E-state index < -0.39 is 17.5 Å². The minimum atomic E-state index is -1.57. The predicted molar refractivity (Wildman–Crippen MR) is 34.0 cm³/mol. The average molecular weight is 173 g/mol. The molecule has 2 N–H and O–H groups in total. The quantitative estimate of drug-likeness (QED) is 0.602. The first kappa shape index (κ1) is 9.01. The predicted octanol–water partition coefficient (Wildman–Crippen LogP) is 0.278. The molecular weight excluding hydrogens is 167 g/mol. The van der Waals surface area contributed by atoms with E-state index in [1.54, 1.807) is 0 Å². The van der Waals surface area contributed by atoms with Gasteiger partial charge in [0.2, 0.25) is 0 Å². The van der Waals surface area contributed by atoms with Crippen molar-refractivity contribution in [3.05, 3.63) is 0 Å². The van der Waals surface area contributed by atoms with Gasteiger partial charge >= 0.3 is 5.97 Å². The number of aliphatic hydroxyl groups is 1. The molecule has 3 nitrogen and oxygen atoms in total. The number of alkyl halides is 2. The highest BCUT2D eigenvalue weighted by atomic mass is 35.5. The van der Waals surface area contributed by atoms with Crippen LogP contribution in [0.4, 0.5) is 0 Å². The number of carbonyl (C=O) groups is 1. The van der Waals surface area contributed by atoms with E-state index in [0.29, 0.717) is 0 Å². The lowest BCUT2D eigenvalue weighted by molar-refractivity contribution is -0.146. The summed E-state index contributed by atoms with van der Waals surface area (Å²) >= 11 is 10.4. The molecule has 0 aromatic rings. The summed E-state index contributed by atoms with van der Waals surface area (Å²) in [6.45, 7) is 0. The number of halogens is 2. The van der Waals surface area contributed by atoms with Crippen LogP contribution in [0.15, 0.2) is 0 Å². The van der Waals surface area contributed by atoms with Crippen LogP contribution < -0.4 is 0 Å². The number of carboxylic acids is 1. The summed E-state index contributed by atoms with van der Waals surface area (Å²) in [4.78, 5) is 9.91. The highest BCUT2D eigenvalue weighted by molar-refractivity contribution is 6.29. The van der Waals surface area contributed by atoms with Crippen LogP contribution in [-0.2, 0) is 4.79 Å². The fourth-order valence-corrected chi connectivity index (χ4v) is 0.516. The molecule has 0 radical (unpaired) electrons. The zero-order valence-electron chi connectivity index (χ0n) is 4.42. The van der Waals surface area contributed by atoms with Gasteiger partial charge in [0.15, 0.2) is 6.10 Å². The Balaban J connectivity index is 3.72.